The van der Waals surface area contributed by atoms with Gasteiger partial charge >= 0.3 is 5.97 Å². The van der Waals surface area contributed by atoms with E-state index in [1.165, 1.54) is 6.08 Å². The second kappa shape index (κ2) is 3.01. The molecule has 2 heterocycles. The van der Waals surface area contributed by atoms with Crippen LogP contribution < -0.4 is 0 Å². The van der Waals surface area contributed by atoms with Crippen LogP contribution >= 0.6 is 0 Å². The molecule has 5 nitrogen and oxygen atoms in total. The topological polar surface area (TPSA) is 68.0 Å². The van der Waals surface area contributed by atoms with Gasteiger partial charge in [0.25, 0.3) is 0 Å². The molecule has 0 aromatic carbocycles. The third-order valence-electron chi connectivity index (χ3n) is 2.01. The van der Waals surface area contributed by atoms with E-state index in [2.05, 4.69) is 10.2 Å². The average Bonchev–Trinajstić information content (AvgIpc) is 2.60. The molecule has 2 rings (SSSR count). The lowest BCUT2D eigenvalue weighted by Gasteiger charge is -1.94. The van der Waals surface area contributed by atoms with Crippen LogP contribution in [0.25, 0.3) is 6.08 Å². The number of nitrogens with zero attached hydrogens (tertiary/aromatic N) is 3. The molecule has 0 saturated carbocycles. The van der Waals surface area contributed by atoms with Gasteiger partial charge in [0.15, 0.2) is 5.82 Å². The Kier molecular flexibility index (Phi) is 1.84. The largest absolute Gasteiger partial charge is 0.478 e. The maximum Gasteiger partial charge on any atom is 0.328 e. The van der Waals surface area contributed by atoms with Crippen LogP contribution in [0.5, 0.6) is 0 Å². The summed E-state index contributed by atoms with van der Waals surface area (Å²) >= 11 is 0. The van der Waals surface area contributed by atoms with Crippen LogP contribution in [0.2, 0.25) is 0 Å². The monoisotopic (exact) mass is 179 g/mol. The highest BCUT2D eigenvalue weighted by molar-refractivity contribution is 5.84. The number of hydrogen-bond donors (Lipinski definition) is 1. The normalized spacial score (nSPS) is 15.1. The summed E-state index contributed by atoms with van der Waals surface area (Å²) in [7, 11) is 0. The first kappa shape index (κ1) is 7.97. The molecular weight excluding hydrogens is 170 g/mol. The second-order valence-electron chi connectivity index (χ2n) is 2.90. The van der Waals surface area contributed by atoms with E-state index >= 15 is 0 Å². The summed E-state index contributed by atoms with van der Waals surface area (Å²) in [6.45, 7) is 0.891. The van der Waals surface area contributed by atoms with Gasteiger partial charge in [0.05, 0.1) is 0 Å². The third-order valence-corrected chi connectivity index (χ3v) is 2.01. The molecule has 0 radical (unpaired) electrons. The fourth-order valence-electron chi connectivity index (χ4n) is 1.44. The average molecular weight is 179 g/mol. The van der Waals surface area contributed by atoms with Crippen molar-refractivity contribution in [2.45, 2.75) is 19.4 Å². The van der Waals surface area contributed by atoms with E-state index < -0.39 is 5.97 Å². The van der Waals surface area contributed by atoms with Crippen LogP contribution in [0.3, 0.4) is 0 Å². The molecule has 0 saturated heterocycles. The zero-order chi connectivity index (χ0) is 9.26. The van der Waals surface area contributed by atoms with Crippen molar-refractivity contribution in [2.24, 2.45) is 0 Å². The lowest BCUT2D eigenvalue weighted by Crippen LogP contribution is -1.96. The van der Waals surface area contributed by atoms with Gasteiger partial charge in [-0.2, -0.15) is 0 Å². The van der Waals surface area contributed by atoms with Gasteiger partial charge in [-0.1, -0.05) is 0 Å². The molecule has 1 aromatic rings. The van der Waals surface area contributed by atoms with Gasteiger partial charge in [0.2, 0.25) is 0 Å². The number of hydrogen-bond acceptors (Lipinski definition) is 3. The van der Waals surface area contributed by atoms with E-state index in [-0.39, 0.29) is 0 Å². The quantitative estimate of drug-likeness (QED) is 0.664. The minimum atomic E-state index is -0.963. The molecule has 68 valence electrons. The van der Waals surface area contributed by atoms with Gasteiger partial charge in [-0.15, -0.1) is 10.2 Å². The molecule has 0 amide bonds. The molecule has 0 fully saturated rings. The highest BCUT2D eigenvalue weighted by atomic mass is 16.4. The second-order valence-corrected chi connectivity index (χ2v) is 2.90. The van der Waals surface area contributed by atoms with Crippen LogP contribution in [0, 0.1) is 0 Å². The van der Waals surface area contributed by atoms with Gasteiger partial charge < -0.3 is 9.67 Å². The van der Waals surface area contributed by atoms with Crippen LogP contribution in [-0.4, -0.2) is 25.8 Å². The van der Waals surface area contributed by atoms with E-state index in [9.17, 15) is 4.79 Å². The Morgan fingerprint density at radius 1 is 1.54 bits per heavy atom. The molecule has 1 aromatic heterocycles. The van der Waals surface area contributed by atoms with E-state index in [1.807, 2.05) is 4.57 Å². The number of aliphatic carboxylic acids is 1. The number of carboxylic acids is 1. The Hall–Kier alpha value is -1.65. The van der Waals surface area contributed by atoms with Crippen molar-refractivity contribution in [3.05, 3.63) is 17.7 Å². The summed E-state index contributed by atoms with van der Waals surface area (Å²) in [5, 5.41) is 16.2. The number of aromatic nitrogens is 3. The first-order chi connectivity index (χ1) is 6.27. The highest BCUT2D eigenvalue weighted by Gasteiger charge is 2.15. The highest BCUT2D eigenvalue weighted by Crippen LogP contribution is 2.14. The van der Waals surface area contributed by atoms with E-state index in [0.717, 1.165) is 31.3 Å². The van der Waals surface area contributed by atoms with Crippen LogP contribution in [0.4, 0.5) is 0 Å². The molecule has 0 spiro atoms. The first-order valence-corrected chi connectivity index (χ1v) is 4.10. The van der Waals surface area contributed by atoms with Crippen LogP contribution in [0.1, 0.15) is 18.1 Å². The fourth-order valence-corrected chi connectivity index (χ4v) is 1.44. The summed E-state index contributed by atoms with van der Waals surface area (Å²) in [6, 6.07) is 0. The number of aryl methyl sites for hydroxylation is 1. The fraction of sp³-hybridized carbons (Fsp3) is 0.375. The zero-order valence-corrected chi connectivity index (χ0v) is 6.97. The maximum atomic E-state index is 10.3. The molecule has 0 unspecified atom stereocenters. The maximum absolute atomic E-state index is 10.3. The van der Waals surface area contributed by atoms with Crippen molar-refractivity contribution in [2.75, 3.05) is 0 Å². The van der Waals surface area contributed by atoms with Crippen molar-refractivity contribution >= 4 is 12.0 Å². The van der Waals surface area contributed by atoms with Crippen molar-refractivity contribution in [1.82, 2.24) is 14.8 Å². The Morgan fingerprint density at radius 2 is 2.38 bits per heavy atom. The van der Waals surface area contributed by atoms with Crippen molar-refractivity contribution in [3.8, 4) is 0 Å². The molecule has 0 aliphatic carbocycles. The number of carbonyl (C=O) groups is 1. The Balaban J connectivity index is 2.26. The van der Waals surface area contributed by atoms with Crippen LogP contribution in [-0.2, 0) is 17.8 Å². The molecule has 0 bridgehead atoms. The minimum absolute atomic E-state index is 0.634. The smallest absolute Gasteiger partial charge is 0.328 e. The molecule has 13 heavy (non-hydrogen) atoms. The van der Waals surface area contributed by atoms with E-state index in [1.54, 1.807) is 0 Å². The summed E-state index contributed by atoms with van der Waals surface area (Å²) < 4.78 is 1.94. The summed E-state index contributed by atoms with van der Waals surface area (Å²) in [5.74, 6) is 0.621. The van der Waals surface area contributed by atoms with Gasteiger partial charge in [-0.3, -0.25) is 0 Å². The predicted molar refractivity (Wildman–Crippen MR) is 45.0 cm³/mol. The molecule has 1 aliphatic rings. The first-order valence-electron chi connectivity index (χ1n) is 4.10. The minimum Gasteiger partial charge on any atom is -0.478 e. The number of rotatable bonds is 2. The lowest BCUT2D eigenvalue weighted by molar-refractivity contribution is -0.131. The van der Waals surface area contributed by atoms with E-state index in [0.29, 0.717) is 5.82 Å². The van der Waals surface area contributed by atoms with Crippen molar-refractivity contribution < 1.29 is 9.90 Å². The molecular formula is C8H9N3O2. The third kappa shape index (κ3) is 1.44. The summed E-state index contributed by atoms with van der Waals surface area (Å²) in [5.41, 5.74) is 0. The number of carboxylic acid groups (broad SMARTS) is 1. The van der Waals surface area contributed by atoms with Gasteiger partial charge in [-0.05, 0) is 12.5 Å². The predicted octanol–water partition coefficient (Wildman–Crippen LogP) is 0.322. The molecule has 5 heteroatoms. The lowest BCUT2D eigenvalue weighted by atomic mass is 10.4. The van der Waals surface area contributed by atoms with Crippen molar-refractivity contribution in [1.29, 1.82) is 0 Å². The molecule has 0 atom stereocenters. The Morgan fingerprint density at radius 3 is 3.15 bits per heavy atom. The summed E-state index contributed by atoms with van der Waals surface area (Å²) in [6.07, 6.45) is 4.56. The van der Waals surface area contributed by atoms with Gasteiger partial charge in [0.1, 0.15) is 5.82 Å². The van der Waals surface area contributed by atoms with Crippen LogP contribution in [0.15, 0.2) is 6.08 Å². The van der Waals surface area contributed by atoms with Crippen molar-refractivity contribution in [3.63, 3.8) is 0 Å². The van der Waals surface area contributed by atoms with Gasteiger partial charge in [-0.25, -0.2) is 4.79 Å². The zero-order valence-electron chi connectivity index (χ0n) is 6.97. The van der Waals surface area contributed by atoms with E-state index in [4.69, 9.17) is 5.11 Å². The van der Waals surface area contributed by atoms with Gasteiger partial charge in [0, 0.05) is 19.0 Å². The molecule has 1 aliphatic heterocycles. The Bertz CT molecular complexity index is 367. The number of fused-ring (bicyclic) bond motifs is 1. The Labute approximate surface area is 74.7 Å². The summed E-state index contributed by atoms with van der Waals surface area (Å²) in [4.78, 5) is 10.3. The SMILES string of the molecule is O=C(O)/C=C/c1nnc2n1CCC2. The standard InChI is InChI=1S/C8H9N3O2/c12-8(13)4-3-7-10-9-6-2-1-5-11(6)7/h3-4H,1-2,5H2,(H,12,13)/b4-3+. The molecule has 1 N–H and O–H groups in total.